The van der Waals surface area contributed by atoms with Crippen molar-refractivity contribution in [1.82, 2.24) is 4.90 Å². The molecule has 1 saturated heterocycles. The molecule has 1 heterocycles. The summed E-state index contributed by atoms with van der Waals surface area (Å²) in [6.07, 6.45) is 2.38. The number of carbonyl (C=O) groups excluding carboxylic acids is 1. The number of amides is 1. The number of hydrogen-bond acceptors (Lipinski definition) is 3. The SMILES string of the molecule is O=C(COc1ccc(C(=S)N2CCCC2)cc1)Nc1cccc(Cl)c1Cl. The second-order valence-corrected chi connectivity index (χ2v) is 7.13. The molecule has 0 aliphatic carbocycles. The first-order valence-corrected chi connectivity index (χ1v) is 9.47. The van der Waals surface area contributed by atoms with E-state index in [1.165, 1.54) is 12.8 Å². The van der Waals surface area contributed by atoms with Crippen molar-refractivity contribution in [3.05, 3.63) is 58.1 Å². The highest BCUT2D eigenvalue weighted by Gasteiger charge is 2.16. The van der Waals surface area contributed by atoms with E-state index in [1.807, 2.05) is 24.3 Å². The topological polar surface area (TPSA) is 41.6 Å². The Labute approximate surface area is 168 Å². The molecular weight excluding hydrogens is 391 g/mol. The number of rotatable bonds is 5. The third kappa shape index (κ3) is 4.67. The van der Waals surface area contributed by atoms with Gasteiger partial charge in [0.15, 0.2) is 6.61 Å². The molecule has 0 aromatic heterocycles. The van der Waals surface area contributed by atoms with Gasteiger partial charge in [0.25, 0.3) is 5.91 Å². The van der Waals surface area contributed by atoms with Gasteiger partial charge in [-0.25, -0.2) is 0 Å². The van der Waals surface area contributed by atoms with E-state index in [1.54, 1.807) is 18.2 Å². The van der Waals surface area contributed by atoms with Crippen molar-refractivity contribution in [2.24, 2.45) is 0 Å². The summed E-state index contributed by atoms with van der Waals surface area (Å²) in [6.45, 7) is 1.91. The van der Waals surface area contributed by atoms with Crippen molar-refractivity contribution in [3.63, 3.8) is 0 Å². The molecule has 3 rings (SSSR count). The smallest absolute Gasteiger partial charge is 0.262 e. The first-order chi connectivity index (χ1) is 12.5. The van der Waals surface area contributed by atoms with Crippen LogP contribution in [0.5, 0.6) is 5.75 Å². The van der Waals surface area contributed by atoms with Gasteiger partial charge in [0.1, 0.15) is 10.7 Å². The van der Waals surface area contributed by atoms with Crippen LogP contribution in [0.15, 0.2) is 42.5 Å². The maximum absolute atomic E-state index is 12.0. The molecule has 2 aromatic rings. The summed E-state index contributed by atoms with van der Waals surface area (Å²) in [5.41, 5.74) is 1.45. The summed E-state index contributed by atoms with van der Waals surface area (Å²) in [4.78, 5) is 15.1. The molecule has 26 heavy (non-hydrogen) atoms. The first kappa shape index (κ1) is 19.0. The zero-order valence-corrected chi connectivity index (χ0v) is 16.3. The Hall–Kier alpha value is -1.82. The van der Waals surface area contributed by atoms with Crippen molar-refractivity contribution in [3.8, 4) is 5.75 Å². The molecule has 7 heteroatoms. The number of halogens is 2. The minimum absolute atomic E-state index is 0.126. The van der Waals surface area contributed by atoms with Crippen molar-refractivity contribution >= 4 is 52.0 Å². The lowest BCUT2D eigenvalue weighted by Gasteiger charge is -2.18. The molecule has 1 aliphatic rings. The second kappa shape index (κ2) is 8.71. The number of nitrogens with one attached hydrogen (secondary N) is 1. The zero-order chi connectivity index (χ0) is 18.5. The van der Waals surface area contributed by atoms with E-state index in [9.17, 15) is 4.79 Å². The van der Waals surface area contributed by atoms with E-state index in [0.29, 0.717) is 21.5 Å². The second-order valence-electron chi connectivity index (χ2n) is 5.96. The molecule has 2 aromatic carbocycles. The van der Waals surface area contributed by atoms with Crippen LogP contribution in [0.3, 0.4) is 0 Å². The average molecular weight is 409 g/mol. The minimum Gasteiger partial charge on any atom is -0.484 e. The minimum atomic E-state index is -0.314. The molecule has 1 N–H and O–H groups in total. The molecule has 1 amide bonds. The third-order valence-electron chi connectivity index (χ3n) is 4.09. The molecule has 0 atom stereocenters. The van der Waals surface area contributed by atoms with E-state index < -0.39 is 0 Å². The van der Waals surface area contributed by atoms with Crippen LogP contribution in [-0.4, -0.2) is 35.5 Å². The molecular formula is C19H18Cl2N2O2S. The number of likely N-dealkylation sites (tertiary alicyclic amines) is 1. The summed E-state index contributed by atoms with van der Waals surface area (Å²) in [7, 11) is 0. The number of nitrogens with zero attached hydrogens (tertiary/aromatic N) is 1. The van der Waals surface area contributed by atoms with Crippen molar-refractivity contribution < 1.29 is 9.53 Å². The van der Waals surface area contributed by atoms with Gasteiger partial charge in [0, 0.05) is 18.7 Å². The number of thiocarbonyl (C=S) groups is 1. The van der Waals surface area contributed by atoms with E-state index in [4.69, 9.17) is 40.2 Å². The summed E-state index contributed by atoms with van der Waals surface area (Å²) in [5.74, 6) is 0.288. The molecule has 0 radical (unpaired) electrons. The van der Waals surface area contributed by atoms with E-state index >= 15 is 0 Å². The van der Waals surface area contributed by atoms with Gasteiger partial charge < -0.3 is 15.0 Å². The van der Waals surface area contributed by atoms with Crippen LogP contribution in [0.4, 0.5) is 5.69 Å². The van der Waals surface area contributed by atoms with Gasteiger partial charge >= 0.3 is 0 Å². The predicted molar refractivity (Wildman–Crippen MR) is 110 cm³/mol. The molecule has 1 aliphatic heterocycles. The van der Waals surface area contributed by atoms with E-state index in [0.717, 1.165) is 23.6 Å². The molecule has 4 nitrogen and oxygen atoms in total. The van der Waals surface area contributed by atoms with Crippen LogP contribution in [0.2, 0.25) is 10.0 Å². The van der Waals surface area contributed by atoms with Crippen molar-refractivity contribution in [2.75, 3.05) is 25.0 Å². The molecule has 0 spiro atoms. The Morgan fingerprint density at radius 1 is 1.12 bits per heavy atom. The largest absolute Gasteiger partial charge is 0.484 e. The number of benzene rings is 2. The average Bonchev–Trinajstić information content (AvgIpc) is 3.18. The van der Waals surface area contributed by atoms with Gasteiger partial charge in [0.05, 0.1) is 15.7 Å². The normalized spacial score (nSPS) is 13.5. The van der Waals surface area contributed by atoms with Crippen LogP contribution in [0, 0.1) is 0 Å². The van der Waals surface area contributed by atoms with Gasteiger partial charge in [-0.3, -0.25) is 4.79 Å². The number of carbonyl (C=O) groups is 1. The summed E-state index contributed by atoms with van der Waals surface area (Å²) in [6, 6.07) is 12.5. The van der Waals surface area contributed by atoms with E-state index in [-0.39, 0.29) is 12.5 Å². The van der Waals surface area contributed by atoms with Crippen LogP contribution in [-0.2, 0) is 4.79 Å². The highest BCUT2D eigenvalue weighted by molar-refractivity contribution is 7.80. The van der Waals surface area contributed by atoms with Crippen LogP contribution >= 0.6 is 35.4 Å². The number of anilines is 1. The lowest BCUT2D eigenvalue weighted by atomic mass is 10.2. The number of hydrogen-bond donors (Lipinski definition) is 1. The van der Waals surface area contributed by atoms with Gasteiger partial charge in [0.2, 0.25) is 0 Å². The van der Waals surface area contributed by atoms with Gasteiger partial charge in [-0.15, -0.1) is 0 Å². The maximum Gasteiger partial charge on any atom is 0.262 e. The quantitative estimate of drug-likeness (QED) is 0.722. The molecule has 136 valence electrons. The Morgan fingerprint density at radius 3 is 2.50 bits per heavy atom. The Morgan fingerprint density at radius 2 is 1.81 bits per heavy atom. The van der Waals surface area contributed by atoms with Crippen LogP contribution < -0.4 is 10.1 Å². The van der Waals surface area contributed by atoms with Gasteiger partial charge in [-0.1, -0.05) is 41.5 Å². The fraction of sp³-hybridized carbons (Fsp3) is 0.263. The standard InChI is InChI=1S/C19H18Cl2N2O2S/c20-15-4-3-5-16(18(15)21)22-17(24)12-25-14-8-6-13(7-9-14)19(26)23-10-1-2-11-23/h3-9H,1-2,10-12H2,(H,22,24). The highest BCUT2D eigenvalue weighted by Crippen LogP contribution is 2.29. The first-order valence-electron chi connectivity index (χ1n) is 8.30. The third-order valence-corrected chi connectivity index (χ3v) is 5.40. The fourth-order valence-electron chi connectivity index (χ4n) is 2.73. The van der Waals surface area contributed by atoms with E-state index in [2.05, 4.69) is 10.2 Å². The molecule has 1 fully saturated rings. The summed E-state index contributed by atoms with van der Waals surface area (Å²) < 4.78 is 5.53. The summed E-state index contributed by atoms with van der Waals surface area (Å²) >= 11 is 17.5. The lowest BCUT2D eigenvalue weighted by molar-refractivity contribution is -0.118. The zero-order valence-electron chi connectivity index (χ0n) is 14.0. The Bertz CT molecular complexity index is 806. The summed E-state index contributed by atoms with van der Waals surface area (Å²) in [5, 5.41) is 3.37. The van der Waals surface area contributed by atoms with Crippen LogP contribution in [0.1, 0.15) is 18.4 Å². The fourth-order valence-corrected chi connectivity index (χ4v) is 3.40. The Balaban J connectivity index is 1.53. The Kier molecular flexibility index (Phi) is 6.35. The highest BCUT2D eigenvalue weighted by atomic mass is 35.5. The van der Waals surface area contributed by atoms with Crippen molar-refractivity contribution in [2.45, 2.75) is 12.8 Å². The molecule has 0 bridgehead atoms. The predicted octanol–water partition coefficient (Wildman–Crippen LogP) is 4.78. The number of ether oxygens (including phenoxy) is 1. The maximum atomic E-state index is 12.0. The van der Waals surface area contributed by atoms with Crippen molar-refractivity contribution in [1.29, 1.82) is 0 Å². The van der Waals surface area contributed by atoms with Gasteiger partial charge in [-0.2, -0.15) is 0 Å². The molecule has 0 saturated carbocycles. The molecule has 0 unspecified atom stereocenters. The lowest BCUT2D eigenvalue weighted by Crippen LogP contribution is -2.26. The van der Waals surface area contributed by atoms with Gasteiger partial charge in [-0.05, 0) is 49.2 Å². The monoisotopic (exact) mass is 408 g/mol. The van der Waals surface area contributed by atoms with Crippen LogP contribution in [0.25, 0.3) is 0 Å².